The molecule has 38 heavy (non-hydrogen) atoms. The topological polar surface area (TPSA) is 116 Å². The first-order chi connectivity index (χ1) is 18.4. The van der Waals surface area contributed by atoms with Crippen molar-refractivity contribution in [2.45, 2.75) is 69.6 Å². The van der Waals surface area contributed by atoms with Gasteiger partial charge in [-0.3, -0.25) is 4.79 Å². The molecule has 1 aliphatic heterocycles. The van der Waals surface area contributed by atoms with Gasteiger partial charge in [0.15, 0.2) is 5.82 Å². The number of nitrogens with zero attached hydrogens (tertiary/aromatic N) is 7. The molecule has 1 N–H and O–H groups in total. The SMILES string of the molecule is Cn1c(CCCCCCC#CC2CC(F)(F)C2)c(C(=O)N2CC[C@H](c3nn[nH]n3)C2)c2cc(C#N)cnc21. The zero-order valence-electron chi connectivity index (χ0n) is 21.4. The van der Waals surface area contributed by atoms with Crippen molar-refractivity contribution in [2.24, 2.45) is 13.0 Å². The minimum absolute atomic E-state index is 0.0350. The molecule has 1 aliphatic carbocycles. The number of H-pyrrole nitrogens is 1. The summed E-state index contributed by atoms with van der Waals surface area (Å²) in [5.74, 6) is 3.93. The van der Waals surface area contributed by atoms with Gasteiger partial charge in [-0.05, 0) is 31.7 Å². The van der Waals surface area contributed by atoms with Crippen molar-refractivity contribution < 1.29 is 13.6 Å². The van der Waals surface area contributed by atoms with Gasteiger partial charge >= 0.3 is 0 Å². The van der Waals surface area contributed by atoms with Crippen LogP contribution in [0.15, 0.2) is 12.3 Å². The molecule has 9 nitrogen and oxygen atoms in total. The van der Waals surface area contributed by atoms with E-state index in [1.165, 1.54) is 6.20 Å². The van der Waals surface area contributed by atoms with Gasteiger partial charge in [-0.15, -0.1) is 16.1 Å². The first-order valence-electron chi connectivity index (χ1n) is 13.1. The second-order valence-electron chi connectivity index (χ2n) is 10.3. The number of aromatic nitrogens is 6. The number of hydrogen-bond acceptors (Lipinski definition) is 6. The molecular weight excluding hydrogens is 490 g/mol. The molecule has 1 amide bonds. The molecule has 198 valence electrons. The largest absolute Gasteiger partial charge is 0.338 e. The number of pyridine rings is 1. The normalized spacial score (nSPS) is 18.7. The highest BCUT2D eigenvalue weighted by atomic mass is 19.3. The molecule has 0 aromatic carbocycles. The highest BCUT2D eigenvalue weighted by molar-refractivity contribution is 6.08. The molecule has 0 bridgehead atoms. The average molecular weight is 521 g/mol. The second-order valence-corrected chi connectivity index (χ2v) is 10.3. The van der Waals surface area contributed by atoms with Gasteiger partial charge in [0.2, 0.25) is 0 Å². The number of nitriles is 1. The number of alkyl halides is 2. The van der Waals surface area contributed by atoms with Crippen LogP contribution in [0.2, 0.25) is 0 Å². The van der Waals surface area contributed by atoms with Gasteiger partial charge in [0.1, 0.15) is 11.7 Å². The first kappa shape index (κ1) is 25.8. The van der Waals surface area contributed by atoms with Gasteiger partial charge in [0, 0.05) is 68.5 Å². The Bertz CT molecular complexity index is 1400. The number of halogens is 2. The molecule has 1 atom stereocenters. The van der Waals surface area contributed by atoms with Crippen LogP contribution in [-0.4, -0.2) is 60.0 Å². The maximum Gasteiger partial charge on any atom is 0.256 e. The van der Waals surface area contributed by atoms with Crippen LogP contribution in [0.5, 0.6) is 0 Å². The number of nitrogens with one attached hydrogen (secondary N) is 1. The molecule has 1 saturated carbocycles. The zero-order chi connectivity index (χ0) is 26.7. The fraction of sp³-hybridized carbons (Fsp3) is 0.556. The van der Waals surface area contributed by atoms with Crippen LogP contribution in [-0.2, 0) is 13.5 Å². The van der Waals surface area contributed by atoms with E-state index in [9.17, 15) is 18.8 Å². The lowest BCUT2D eigenvalue weighted by Crippen LogP contribution is -2.34. The molecule has 0 radical (unpaired) electrons. The summed E-state index contributed by atoms with van der Waals surface area (Å²) in [6.07, 6.45) is 7.29. The summed E-state index contributed by atoms with van der Waals surface area (Å²) in [7, 11) is 1.92. The minimum atomic E-state index is -2.52. The van der Waals surface area contributed by atoms with Crippen LogP contribution in [0.3, 0.4) is 0 Å². The Morgan fingerprint density at radius 2 is 2.08 bits per heavy atom. The molecular formula is C27H30F2N8O. The van der Waals surface area contributed by atoms with E-state index in [0.717, 1.165) is 44.2 Å². The Hall–Kier alpha value is -3.86. The van der Waals surface area contributed by atoms with E-state index in [1.807, 2.05) is 16.5 Å². The van der Waals surface area contributed by atoms with Crippen molar-refractivity contribution in [3.05, 3.63) is 34.9 Å². The van der Waals surface area contributed by atoms with E-state index in [0.29, 0.717) is 47.5 Å². The van der Waals surface area contributed by atoms with Crippen LogP contribution in [0.4, 0.5) is 8.78 Å². The number of likely N-dealkylation sites (tertiary alicyclic amines) is 1. The lowest BCUT2D eigenvalue weighted by Gasteiger charge is -2.31. The fourth-order valence-corrected chi connectivity index (χ4v) is 5.45. The Kier molecular flexibility index (Phi) is 7.37. The highest BCUT2D eigenvalue weighted by Gasteiger charge is 2.44. The number of unbranched alkanes of at least 4 members (excludes halogenated alkanes) is 4. The fourth-order valence-electron chi connectivity index (χ4n) is 5.45. The third-order valence-electron chi connectivity index (χ3n) is 7.55. The predicted molar refractivity (Wildman–Crippen MR) is 135 cm³/mol. The molecule has 4 heterocycles. The van der Waals surface area contributed by atoms with Crippen LogP contribution >= 0.6 is 0 Å². The Morgan fingerprint density at radius 3 is 2.82 bits per heavy atom. The highest BCUT2D eigenvalue weighted by Crippen LogP contribution is 2.41. The summed E-state index contributed by atoms with van der Waals surface area (Å²) in [5.41, 5.74) is 2.64. The first-order valence-corrected chi connectivity index (χ1v) is 13.1. The Balaban J connectivity index is 1.24. The monoisotopic (exact) mass is 520 g/mol. The summed E-state index contributed by atoms with van der Waals surface area (Å²) >= 11 is 0. The summed E-state index contributed by atoms with van der Waals surface area (Å²) in [6, 6.07) is 3.88. The van der Waals surface area contributed by atoms with Crippen LogP contribution < -0.4 is 0 Å². The zero-order valence-corrected chi connectivity index (χ0v) is 21.4. The molecule has 3 aromatic heterocycles. The van der Waals surface area contributed by atoms with E-state index in [-0.39, 0.29) is 30.6 Å². The number of fused-ring (bicyclic) bond motifs is 1. The molecule has 3 aromatic rings. The lowest BCUT2D eigenvalue weighted by molar-refractivity contribution is -0.0936. The molecule has 11 heteroatoms. The van der Waals surface area contributed by atoms with E-state index >= 15 is 0 Å². The molecule has 2 fully saturated rings. The standard InChI is InChI=1S/C27H30F2N8O/c1-36-22(9-7-5-3-2-4-6-8-18-13-27(28,29)14-18)23(21-12-19(15-30)16-31-25(21)36)26(38)37-11-10-20(17-37)24-32-34-35-33-24/h12,16,18,20H,2-5,7,9-11,13-14,17H2,1H3,(H,32,33,34,35)/t20-/m0/s1. The predicted octanol–water partition coefficient (Wildman–Crippen LogP) is 4.13. The summed E-state index contributed by atoms with van der Waals surface area (Å²) in [5, 5.41) is 24.4. The second kappa shape index (κ2) is 10.9. The molecule has 0 unspecified atom stereocenters. The van der Waals surface area contributed by atoms with Crippen LogP contribution in [0, 0.1) is 29.1 Å². The van der Waals surface area contributed by atoms with Crippen molar-refractivity contribution in [1.29, 1.82) is 5.26 Å². The van der Waals surface area contributed by atoms with Crippen molar-refractivity contribution in [3.8, 4) is 17.9 Å². The minimum Gasteiger partial charge on any atom is -0.338 e. The van der Waals surface area contributed by atoms with Gasteiger partial charge < -0.3 is 9.47 Å². The summed E-state index contributed by atoms with van der Waals surface area (Å²) < 4.78 is 27.8. The van der Waals surface area contributed by atoms with Gasteiger partial charge in [-0.2, -0.15) is 10.5 Å². The number of carbonyl (C=O) groups excluding carboxylic acids is 1. The maximum absolute atomic E-state index is 13.8. The number of carbonyl (C=O) groups is 1. The van der Waals surface area contributed by atoms with E-state index in [2.05, 4.69) is 43.5 Å². The lowest BCUT2D eigenvalue weighted by atomic mass is 9.82. The molecule has 2 aliphatic rings. The summed E-state index contributed by atoms with van der Waals surface area (Å²) in [4.78, 5) is 20.1. The summed E-state index contributed by atoms with van der Waals surface area (Å²) in [6.45, 7) is 1.11. The number of amides is 1. The van der Waals surface area contributed by atoms with Gasteiger partial charge in [0.25, 0.3) is 11.8 Å². The van der Waals surface area contributed by atoms with Crippen molar-refractivity contribution in [2.75, 3.05) is 13.1 Å². The van der Waals surface area contributed by atoms with Gasteiger partial charge in [-0.25, -0.2) is 13.8 Å². The number of aryl methyl sites for hydroxylation is 1. The van der Waals surface area contributed by atoms with E-state index in [1.54, 1.807) is 6.07 Å². The third kappa shape index (κ3) is 5.38. The van der Waals surface area contributed by atoms with Gasteiger partial charge in [-0.1, -0.05) is 24.0 Å². The van der Waals surface area contributed by atoms with E-state index < -0.39 is 5.92 Å². The molecule has 5 rings (SSSR count). The molecule has 1 saturated heterocycles. The Morgan fingerprint density at radius 1 is 1.26 bits per heavy atom. The van der Waals surface area contributed by atoms with Crippen molar-refractivity contribution >= 4 is 16.9 Å². The number of rotatable bonds is 8. The van der Waals surface area contributed by atoms with Crippen molar-refractivity contribution in [1.82, 2.24) is 35.1 Å². The quantitative estimate of drug-likeness (QED) is 0.353. The van der Waals surface area contributed by atoms with Crippen LogP contribution in [0.25, 0.3) is 11.0 Å². The molecule has 0 spiro atoms. The van der Waals surface area contributed by atoms with E-state index in [4.69, 9.17) is 0 Å². The smallest absolute Gasteiger partial charge is 0.256 e. The third-order valence-corrected chi connectivity index (χ3v) is 7.55. The van der Waals surface area contributed by atoms with Crippen molar-refractivity contribution in [3.63, 3.8) is 0 Å². The average Bonchev–Trinajstić information content (AvgIpc) is 3.64. The maximum atomic E-state index is 13.8. The van der Waals surface area contributed by atoms with Gasteiger partial charge in [0.05, 0.1) is 11.1 Å². The number of hydrogen-bond donors (Lipinski definition) is 1. The Labute approximate surface area is 219 Å². The number of tetrazole rings is 1. The number of aromatic amines is 1. The van der Waals surface area contributed by atoms with Crippen LogP contribution in [0.1, 0.15) is 84.7 Å².